The zero-order valence-electron chi connectivity index (χ0n) is 16.6. The van der Waals surface area contributed by atoms with Gasteiger partial charge < -0.3 is 15.3 Å². The number of carbonyl (C=O) groups excluding carboxylic acids is 2. The lowest BCUT2D eigenvalue weighted by atomic mass is 10.1. The van der Waals surface area contributed by atoms with E-state index in [0.29, 0.717) is 31.2 Å². The molecule has 1 saturated heterocycles. The predicted molar refractivity (Wildman–Crippen MR) is 105 cm³/mol. The van der Waals surface area contributed by atoms with Crippen molar-refractivity contribution in [1.82, 2.24) is 20.2 Å². The smallest absolute Gasteiger partial charge is 0.332 e. The molecule has 2 N–H and O–H groups in total. The van der Waals surface area contributed by atoms with E-state index in [1.54, 1.807) is 22.0 Å². The van der Waals surface area contributed by atoms with Crippen LogP contribution in [0.4, 0.5) is 9.18 Å². The van der Waals surface area contributed by atoms with E-state index in [2.05, 4.69) is 5.32 Å². The van der Waals surface area contributed by atoms with Gasteiger partial charge in [0.1, 0.15) is 5.82 Å². The van der Waals surface area contributed by atoms with E-state index in [1.807, 2.05) is 11.1 Å². The van der Waals surface area contributed by atoms with Crippen LogP contribution in [-0.2, 0) is 11.3 Å². The van der Waals surface area contributed by atoms with E-state index >= 15 is 0 Å². The molecule has 2 aliphatic carbocycles. The van der Waals surface area contributed by atoms with Crippen LogP contribution >= 0.6 is 0 Å². The average molecular weight is 404 g/mol. The van der Waals surface area contributed by atoms with Crippen molar-refractivity contribution in [2.45, 2.75) is 57.0 Å². The average Bonchev–Trinajstić information content (AvgIpc) is 3.61. The van der Waals surface area contributed by atoms with Crippen LogP contribution in [0, 0.1) is 5.82 Å². The monoisotopic (exact) mass is 404 g/mol. The summed E-state index contributed by atoms with van der Waals surface area (Å²) >= 11 is 0. The summed E-state index contributed by atoms with van der Waals surface area (Å²) in [5.74, 6) is 0.117. The molecular weight excluding hydrogens is 375 g/mol. The second kappa shape index (κ2) is 8.67. The molecule has 0 spiro atoms. The van der Waals surface area contributed by atoms with E-state index in [1.165, 1.54) is 0 Å². The fourth-order valence-corrected chi connectivity index (χ4v) is 3.89. The lowest BCUT2D eigenvalue weighted by Crippen LogP contribution is -2.59. The highest BCUT2D eigenvalue weighted by Gasteiger charge is 2.38. The second-order valence-electron chi connectivity index (χ2n) is 8.22. The molecule has 0 bridgehead atoms. The molecule has 8 heteroatoms. The standard InChI is InChI=1S/C21H29FN4O3/c22-19-12-16(15-2-3-15)4-5-17(19)13-23-21(29)26(18-6-7-18)25-10-1-9-24(14-25)20(28)8-11-27/h4-5,12,15,18,27H,1-3,6-11,13-14H2,(H,23,29). The van der Waals surface area contributed by atoms with Crippen LogP contribution in [-0.4, -0.2) is 64.4 Å². The van der Waals surface area contributed by atoms with Crippen molar-refractivity contribution in [2.75, 3.05) is 26.4 Å². The molecule has 7 nitrogen and oxygen atoms in total. The normalized spacial score (nSPS) is 19.9. The molecule has 0 unspecified atom stereocenters. The minimum absolute atomic E-state index is 0.0968. The number of aliphatic hydroxyl groups excluding tert-OH is 1. The van der Waals surface area contributed by atoms with Crippen molar-refractivity contribution >= 4 is 11.9 Å². The van der Waals surface area contributed by atoms with Crippen LogP contribution in [0.5, 0.6) is 0 Å². The fraction of sp³-hybridized carbons (Fsp3) is 0.619. The third-order valence-corrected chi connectivity index (χ3v) is 5.82. The molecule has 3 aliphatic rings. The zero-order chi connectivity index (χ0) is 20.4. The Balaban J connectivity index is 1.37. The van der Waals surface area contributed by atoms with Gasteiger partial charge in [-0.15, -0.1) is 0 Å². The van der Waals surface area contributed by atoms with Gasteiger partial charge in [-0.25, -0.2) is 9.18 Å². The van der Waals surface area contributed by atoms with E-state index in [4.69, 9.17) is 5.11 Å². The van der Waals surface area contributed by atoms with Gasteiger partial charge in [0.25, 0.3) is 0 Å². The minimum Gasteiger partial charge on any atom is -0.396 e. The van der Waals surface area contributed by atoms with Gasteiger partial charge in [-0.1, -0.05) is 12.1 Å². The van der Waals surface area contributed by atoms with Crippen molar-refractivity contribution in [1.29, 1.82) is 0 Å². The first-order valence-electron chi connectivity index (χ1n) is 10.6. The van der Waals surface area contributed by atoms with E-state index in [-0.39, 0.29) is 43.4 Å². The Bertz CT molecular complexity index is 766. The van der Waals surface area contributed by atoms with Crippen molar-refractivity contribution < 1.29 is 19.1 Å². The van der Waals surface area contributed by atoms with Gasteiger partial charge in [-0.3, -0.25) is 9.80 Å². The first kappa shape index (κ1) is 20.1. The summed E-state index contributed by atoms with van der Waals surface area (Å²) in [5, 5.41) is 15.5. The first-order chi connectivity index (χ1) is 14.1. The maximum atomic E-state index is 14.4. The summed E-state index contributed by atoms with van der Waals surface area (Å²) < 4.78 is 14.4. The van der Waals surface area contributed by atoms with Crippen molar-refractivity contribution in [2.24, 2.45) is 0 Å². The molecule has 1 aromatic rings. The van der Waals surface area contributed by atoms with Crippen molar-refractivity contribution in [3.8, 4) is 0 Å². The lowest BCUT2D eigenvalue weighted by molar-refractivity contribution is -0.142. The highest BCUT2D eigenvalue weighted by atomic mass is 19.1. The molecular formula is C21H29FN4O3. The SMILES string of the molecule is O=C(CCO)N1CCCN(N(C(=O)NCc2ccc(C3CC3)cc2F)C2CC2)C1. The Labute approximate surface area is 170 Å². The number of nitrogens with zero attached hydrogens (tertiary/aromatic N) is 3. The van der Waals surface area contributed by atoms with Gasteiger partial charge >= 0.3 is 6.03 Å². The third kappa shape index (κ3) is 4.87. The van der Waals surface area contributed by atoms with Gasteiger partial charge in [0.05, 0.1) is 19.3 Å². The zero-order valence-corrected chi connectivity index (χ0v) is 16.6. The Morgan fingerprint density at radius 3 is 2.66 bits per heavy atom. The minimum atomic E-state index is -0.272. The molecule has 3 fully saturated rings. The molecule has 1 aliphatic heterocycles. The molecule has 0 aromatic heterocycles. The van der Waals surface area contributed by atoms with Gasteiger partial charge in [0, 0.05) is 31.6 Å². The summed E-state index contributed by atoms with van der Waals surface area (Å²) in [5.41, 5.74) is 1.52. The largest absolute Gasteiger partial charge is 0.396 e. The van der Waals surface area contributed by atoms with Crippen molar-refractivity contribution in [3.05, 3.63) is 35.1 Å². The van der Waals surface area contributed by atoms with E-state index in [9.17, 15) is 14.0 Å². The number of carbonyl (C=O) groups is 2. The van der Waals surface area contributed by atoms with E-state index in [0.717, 1.165) is 37.7 Å². The van der Waals surface area contributed by atoms with E-state index < -0.39 is 0 Å². The first-order valence-corrected chi connectivity index (χ1v) is 10.6. The molecule has 1 heterocycles. The summed E-state index contributed by atoms with van der Waals surface area (Å²) in [6, 6.07) is 5.18. The molecule has 1 aromatic carbocycles. The highest BCUT2D eigenvalue weighted by Crippen LogP contribution is 2.40. The Hall–Kier alpha value is -2.19. The number of nitrogens with one attached hydrogen (secondary N) is 1. The Morgan fingerprint density at radius 2 is 2.00 bits per heavy atom. The number of amides is 3. The molecule has 0 radical (unpaired) electrons. The maximum absolute atomic E-state index is 14.4. The van der Waals surface area contributed by atoms with Gasteiger partial charge in [-0.2, -0.15) is 5.01 Å². The molecule has 0 atom stereocenters. The maximum Gasteiger partial charge on any atom is 0.332 e. The van der Waals surface area contributed by atoms with Gasteiger partial charge in [0.2, 0.25) is 5.91 Å². The number of urea groups is 1. The fourth-order valence-electron chi connectivity index (χ4n) is 3.89. The number of rotatable bonds is 7. The van der Waals surface area contributed by atoms with Crippen LogP contribution in [0.1, 0.15) is 55.6 Å². The van der Waals surface area contributed by atoms with Crippen LogP contribution < -0.4 is 5.32 Å². The third-order valence-electron chi connectivity index (χ3n) is 5.82. The second-order valence-corrected chi connectivity index (χ2v) is 8.22. The van der Waals surface area contributed by atoms with Crippen LogP contribution in [0.3, 0.4) is 0 Å². The number of hydrazine groups is 1. The number of hydrogen-bond acceptors (Lipinski definition) is 4. The molecule has 29 heavy (non-hydrogen) atoms. The predicted octanol–water partition coefficient (Wildman–Crippen LogP) is 2.17. The van der Waals surface area contributed by atoms with Crippen LogP contribution in [0.2, 0.25) is 0 Å². The molecule has 3 amide bonds. The molecule has 158 valence electrons. The van der Waals surface area contributed by atoms with Crippen molar-refractivity contribution in [3.63, 3.8) is 0 Å². The number of benzene rings is 1. The Morgan fingerprint density at radius 1 is 1.21 bits per heavy atom. The van der Waals surface area contributed by atoms with Gasteiger partial charge in [-0.05, 0) is 49.7 Å². The molecule has 4 rings (SSSR count). The lowest BCUT2D eigenvalue weighted by Gasteiger charge is -2.42. The van der Waals surface area contributed by atoms with Crippen LogP contribution in [0.15, 0.2) is 18.2 Å². The quantitative estimate of drug-likeness (QED) is 0.730. The number of hydrogen-bond donors (Lipinski definition) is 2. The summed E-state index contributed by atoms with van der Waals surface area (Å²) in [6.45, 7) is 1.63. The summed E-state index contributed by atoms with van der Waals surface area (Å²) in [4.78, 5) is 26.7. The summed E-state index contributed by atoms with van der Waals surface area (Å²) in [6.07, 6.45) is 4.97. The number of aliphatic hydroxyl groups is 1. The topological polar surface area (TPSA) is 76.1 Å². The summed E-state index contributed by atoms with van der Waals surface area (Å²) in [7, 11) is 0. The van der Waals surface area contributed by atoms with Crippen LogP contribution in [0.25, 0.3) is 0 Å². The molecule has 2 saturated carbocycles. The highest BCUT2D eigenvalue weighted by molar-refractivity contribution is 5.77. The Kier molecular flexibility index (Phi) is 6.01. The number of halogens is 1. The van der Waals surface area contributed by atoms with Gasteiger partial charge in [0.15, 0.2) is 0 Å².